The minimum atomic E-state index is -0.448. The Morgan fingerprint density at radius 2 is 1.79 bits per heavy atom. The maximum absolute atomic E-state index is 11.7. The molecule has 0 N–H and O–H groups in total. The van der Waals surface area contributed by atoms with Crippen molar-refractivity contribution in [2.24, 2.45) is 5.92 Å². The maximum atomic E-state index is 11.7. The predicted octanol–water partition coefficient (Wildman–Crippen LogP) is 1.50. The zero-order chi connectivity index (χ0) is 10.6. The van der Waals surface area contributed by atoms with Gasteiger partial charge in [-0.3, -0.25) is 9.59 Å². The number of rotatable bonds is 1. The van der Waals surface area contributed by atoms with Gasteiger partial charge in [0.15, 0.2) is 0 Å². The predicted molar refractivity (Wildman–Crippen MR) is 51.1 cm³/mol. The van der Waals surface area contributed by atoms with Gasteiger partial charge < -0.3 is 4.84 Å². The molecule has 80 valence electrons. The lowest BCUT2D eigenvalue weighted by Gasteiger charge is -2.24. The SMILES string of the molecule is CC(=O)ON(C)C(=O)C1CCCCC1. The molecule has 0 bridgehead atoms. The molecule has 1 amide bonds. The third-order valence-electron chi connectivity index (χ3n) is 2.53. The number of amides is 1. The summed E-state index contributed by atoms with van der Waals surface area (Å²) in [7, 11) is 1.50. The van der Waals surface area contributed by atoms with E-state index in [0.717, 1.165) is 30.7 Å². The van der Waals surface area contributed by atoms with E-state index in [1.54, 1.807) is 0 Å². The fourth-order valence-electron chi connectivity index (χ4n) is 1.84. The van der Waals surface area contributed by atoms with Crippen molar-refractivity contribution in [2.75, 3.05) is 7.05 Å². The molecule has 0 unspecified atom stereocenters. The molecule has 4 nitrogen and oxygen atoms in total. The second-order valence-corrected chi connectivity index (χ2v) is 3.75. The highest BCUT2D eigenvalue weighted by atomic mass is 16.7. The van der Waals surface area contributed by atoms with E-state index in [4.69, 9.17) is 4.84 Å². The van der Waals surface area contributed by atoms with Gasteiger partial charge in [-0.05, 0) is 12.8 Å². The number of carbonyl (C=O) groups is 2. The number of carbonyl (C=O) groups excluding carboxylic acids is 2. The number of hydroxylamine groups is 2. The quantitative estimate of drug-likeness (QED) is 0.601. The highest BCUT2D eigenvalue weighted by Gasteiger charge is 2.25. The highest BCUT2D eigenvalue weighted by Crippen LogP contribution is 2.25. The lowest BCUT2D eigenvalue weighted by molar-refractivity contribution is -0.193. The van der Waals surface area contributed by atoms with Gasteiger partial charge in [-0.15, -0.1) is 0 Å². The van der Waals surface area contributed by atoms with Crippen LogP contribution in [-0.2, 0) is 14.4 Å². The minimum absolute atomic E-state index is 0.0492. The first-order chi connectivity index (χ1) is 6.61. The van der Waals surface area contributed by atoms with E-state index in [1.807, 2.05) is 0 Å². The van der Waals surface area contributed by atoms with Crippen LogP contribution < -0.4 is 0 Å². The Kier molecular flexibility index (Phi) is 3.92. The van der Waals surface area contributed by atoms with E-state index in [-0.39, 0.29) is 11.8 Å². The van der Waals surface area contributed by atoms with Crippen LogP contribution in [0.25, 0.3) is 0 Å². The first-order valence-electron chi connectivity index (χ1n) is 5.07. The monoisotopic (exact) mass is 199 g/mol. The molecule has 0 aromatic rings. The first-order valence-corrected chi connectivity index (χ1v) is 5.07. The van der Waals surface area contributed by atoms with E-state index in [1.165, 1.54) is 20.4 Å². The maximum Gasteiger partial charge on any atom is 0.329 e. The molecule has 0 heterocycles. The van der Waals surface area contributed by atoms with Crippen LogP contribution in [0.3, 0.4) is 0 Å². The van der Waals surface area contributed by atoms with E-state index in [0.29, 0.717) is 0 Å². The van der Waals surface area contributed by atoms with Crippen LogP contribution in [0.1, 0.15) is 39.0 Å². The van der Waals surface area contributed by atoms with Crippen LogP contribution in [0.4, 0.5) is 0 Å². The Morgan fingerprint density at radius 1 is 1.21 bits per heavy atom. The standard InChI is InChI=1S/C10H17NO3/c1-8(12)14-11(2)10(13)9-6-4-3-5-7-9/h9H,3-7H2,1-2H3. The molecular weight excluding hydrogens is 182 g/mol. The average molecular weight is 199 g/mol. The van der Waals surface area contributed by atoms with Gasteiger partial charge in [0, 0.05) is 19.9 Å². The molecule has 14 heavy (non-hydrogen) atoms. The lowest BCUT2D eigenvalue weighted by atomic mass is 9.89. The molecule has 0 aliphatic heterocycles. The van der Waals surface area contributed by atoms with Crippen LogP contribution in [0.2, 0.25) is 0 Å². The molecule has 1 rings (SSSR count). The zero-order valence-electron chi connectivity index (χ0n) is 8.78. The fourth-order valence-corrected chi connectivity index (χ4v) is 1.84. The highest BCUT2D eigenvalue weighted by molar-refractivity contribution is 5.79. The molecule has 1 aliphatic carbocycles. The molecule has 1 saturated carbocycles. The Bertz CT molecular complexity index is 221. The molecule has 4 heteroatoms. The summed E-state index contributed by atoms with van der Waals surface area (Å²) in [6.07, 6.45) is 5.25. The normalized spacial score (nSPS) is 17.6. The largest absolute Gasteiger partial charge is 0.339 e. The number of hydrogen-bond donors (Lipinski definition) is 0. The third kappa shape index (κ3) is 3.01. The summed E-state index contributed by atoms with van der Waals surface area (Å²) in [5.74, 6) is -0.468. The summed E-state index contributed by atoms with van der Waals surface area (Å²) in [6, 6.07) is 0. The second kappa shape index (κ2) is 4.98. The van der Waals surface area contributed by atoms with Gasteiger partial charge in [0.1, 0.15) is 0 Å². The minimum Gasteiger partial charge on any atom is -0.339 e. The molecule has 1 fully saturated rings. The van der Waals surface area contributed by atoms with Gasteiger partial charge >= 0.3 is 5.97 Å². The molecule has 0 aromatic carbocycles. The molecule has 0 saturated heterocycles. The summed E-state index contributed by atoms with van der Waals surface area (Å²) < 4.78 is 0. The van der Waals surface area contributed by atoms with Crippen LogP contribution >= 0.6 is 0 Å². The van der Waals surface area contributed by atoms with Gasteiger partial charge in [0.25, 0.3) is 5.91 Å². The number of hydrogen-bond acceptors (Lipinski definition) is 3. The van der Waals surface area contributed by atoms with Crippen molar-refractivity contribution in [3.05, 3.63) is 0 Å². The smallest absolute Gasteiger partial charge is 0.329 e. The second-order valence-electron chi connectivity index (χ2n) is 3.75. The van der Waals surface area contributed by atoms with Crippen molar-refractivity contribution in [2.45, 2.75) is 39.0 Å². The van der Waals surface area contributed by atoms with E-state index >= 15 is 0 Å². The fraction of sp³-hybridized carbons (Fsp3) is 0.800. The Balaban J connectivity index is 2.42. The van der Waals surface area contributed by atoms with Crippen molar-refractivity contribution in [3.63, 3.8) is 0 Å². The lowest BCUT2D eigenvalue weighted by Crippen LogP contribution is -2.35. The topological polar surface area (TPSA) is 46.6 Å². The van der Waals surface area contributed by atoms with Gasteiger partial charge in [-0.25, -0.2) is 0 Å². The van der Waals surface area contributed by atoms with E-state index in [2.05, 4.69) is 0 Å². The molecule has 1 aliphatic rings. The van der Waals surface area contributed by atoms with Gasteiger partial charge in [0.2, 0.25) is 0 Å². The zero-order valence-corrected chi connectivity index (χ0v) is 8.78. The average Bonchev–Trinajstić information content (AvgIpc) is 2.17. The summed E-state index contributed by atoms with van der Waals surface area (Å²) in [5.41, 5.74) is 0. The third-order valence-corrected chi connectivity index (χ3v) is 2.53. The van der Waals surface area contributed by atoms with Crippen molar-refractivity contribution >= 4 is 11.9 Å². The van der Waals surface area contributed by atoms with Crippen LogP contribution in [0.15, 0.2) is 0 Å². The van der Waals surface area contributed by atoms with Crippen molar-refractivity contribution < 1.29 is 14.4 Å². The van der Waals surface area contributed by atoms with Crippen LogP contribution in [-0.4, -0.2) is 24.0 Å². The Labute approximate surface area is 84.2 Å². The van der Waals surface area contributed by atoms with Crippen molar-refractivity contribution in [1.29, 1.82) is 0 Å². The summed E-state index contributed by atoms with van der Waals surface area (Å²) in [5, 5.41) is 1.07. The summed E-state index contributed by atoms with van der Waals surface area (Å²) in [6.45, 7) is 1.30. The number of nitrogens with zero attached hydrogens (tertiary/aromatic N) is 1. The molecule has 0 atom stereocenters. The first kappa shape index (κ1) is 11.0. The summed E-state index contributed by atoms with van der Waals surface area (Å²) in [4.78, 5) is 27.0. The Hall–Kier alpha value is -1.06. The molecule has 0 radical (unpaired) electrons. The Morgan fingerprint density at radius 3 is 2.29 bits per heavy atom. The van der Waals surface area contributed by atoms with Gasteiger partial charge in [0.05, 0.1) is 0 Å². The van der Waals surface area contributed by atoms with Crippen molar-refractivity contribution in [3.8, 4) is 0 Å². The molecular formula is C10H17NO3. The van der Waals surface area contributed by atoms with Crippen LogP contribution in [0.5, 0.6) is 0 Å². The van der Waals surface area contributed by atoms with Crippen LogP contribution in [0, 0.1) is 5.92 Å². The van der Waals surface area contributed by atoms with E-state index < -0.39 is 5.97 Å². The molecule has 0 spiro atoms. The van der Waals surface area contributed by atoms with Crippen molar-refractivity contribution in [1.82, 2.24) is 5.06 Å². The van der Waals surface area contributed by atoms with E-state index in [9.17, 15) is 9.59 Å². The summed E-state index contributed by atoms with van der Waals surface area (Å²) >= 11 is 0. The molecule has 0 aromatic heterocycles. The van der Waals surface area contributed by atoms with Gasteiger partial charge in [-0.1, -0.05) is 19.3 Å². The van der Waals surface area contributed by atoms with Gasteiger partial charge in [-0.2, -0.15) is 5.06 Å².